The van der Waals surface area contributed by atoms with Crippen LogP contribution in [0.3, 0.4) is 0 Å². The smallest absolute Gasteiger partial charge is 0.234 e. The fourth-order valence-corrected chi connectivity index (χ4v) is 1.93. The predicted molar refractivity (Wildman–Crippen MR) is 80.5 cm³/mol. The second kappa shape index (κ2) is 7.54. The molecule has 112 valence electrons. The molecule has 0 saturated heterocycles. The molecule has 2 aromatic heterocycles. The summed E-state index contributed by atoms with van der Waals surface area (Å²) in [5.41, 5.74) is 1.99. The lowest BCUT2D eigenvalue weighted by molar-refractivity contribution is -0.120. The molecule has 21 heavy (non-hydrogen) atoms. The van der Waals surface area contributed by atoms with Crippen molar-refractivity contribution in [1.29, 1.82) is 0 Å². The number of amides is 1. The molecule has 0 aliphatic heterocycles. The van der Waals surface area contributed by atoms with E-state index in [9.17, 15) is 4.79 Å². The Kier molecular flexibility index (Phi) is 5.45. The number of rotatable bonds is 7. The fraction of sp³-hybridized carbons (Fsp3) is 0.400. The van der Waals surface area contributed by atoms with Crippen molar-refractivity contribution in [3.05, 3.63) is 48.0 Å². The molecule has 0 aliphatic carbocycles. The van der Waals surface area contributed by atoms with E-state index in [1.165, 1.54) is 0 Å². The Labute approximate surface area is 124 Å². The summed E-state index contributed by atoms with van der Waals surface area (Å²) < 4.78 is 1.87. The molecule has 1 atom stereocenters. The fourth-order valence-electron chi connectivity index (χ4n) is 1.93. The first kappa shape index (κ1) is 15.2. The molecule has 6 heteroatoms. The van der Waals surface area contributed by atoms with Gasteiger partial charge in [-0.05, 0) is 31.5 Å². The third-order valence-electron chi connectivity index (χ3n) is 3.03. The van der Waals surface area contributed by atoms with Gasteiger partial charge in [0.15, 0.2) is 0 Å². The van der Waals surface area contributed by atoms with E-state index in [1.807, 2.05) is 49.1 Å². The van der Waals surface area contributed by atoms with Crippen molar-refractivity contribution in [3.63, 3.8) is 0 Å². The summed E-state index contributed by atoms with van der Waals surface area (Å²) in [5.74, 6) is -0.0378. The van der Waals surface area contributed by atoms with Crippen molar-refractivity contribution in [2.45, 2.75) is 33.0 Å². The topological polar surface area (TPSA) is 71.8 Å². The Balaban J connectivity index is 1.66. The van der Waals surface area contributed by atoms with Crippen LogP contribution in [0.2, 0.25) is 0 Å². The summed E-state index contributed by atoms with van der Waals surface area (Å²) in [6.45, 7) is 5.51. The summed E-state index contributed by atoms with van der Waals surface area (Å²) in [4.78, 5) is 15.9. The summed E-state index contributed by atoms with van der Waals surface area (Å²) in [5, 5.41) is 10.2. The SMILES string of the molecule is Cc1cnn(C[C@@H](C)NCC(=O)NCc2ccccn2)c1. The van der Waals surface area contributed by atoms with E-state index in [1.54, 1.807) is 6.20 Å². The Morgan fingerprint density at radius 1 is 1.43 bits per heavy atom. The predicted octanol–water partition coefficient (Wildman–Crippen LogP) is 0.881. The molecule has 0 bridgehead atoms. The first-order chi connectivity index (χ1) is 10.1. The molecule has 0 fully saturated rings. The molecular formula is C15H21N5O. The summed E-state index contributed by atoms with van der Waals surface area (Å²) >= 11 is 0. The van der Waals surface area contributed by atoms with Crippen molar-refractivity contribution in [2.75, 3.05) is 6.54 Å². The second-order valence-corrected chi connectivity index (χ2v) is 5.12. The van der Waals surface area contributed by atoms with Crippen LogP contribution in [0.1, 0.15) is 18.2 Å². The quantitative estimate of drug-likeness (QED) is 0.793. The minimum atomic E-state index is -0.0378. The van der Waals surface area contributed by atoms with Gasteiger partial charge in [0.05, 0.1) is 31.5 Å². The Morgan fingerprint density at radius 3 is 2.95 bits per heavy atom. The van der Waals surface area contributed by atoms with E-state index in [0.29, 0.717) is 6.54 Å². The second-order valence-electron chi connectivity index (χ2n) is 5.12. The van der Waals surface area contributed by atoms with E-state index in [-0.39, 0.29) is 18.5 Å². The van der Waals surface area contributed by atoms with Crippen molar-refractivity contribution in [3.8, 4) is 0 Å². The van der Waals surface area contributed by atoms with Gasteiger partial charge in [0.1, 0.15) is 0 Å². The first-order valence-corrected chi connectivity index (χ1v) is 7.02. The van der Waals surface area contributed by atoms with Crippen molar-refractivity contribution >= 4 is 5.91 Å². The molecule has 2 heterocycles. The Bertz CT molecular complexity index is 566. The lowest BCUT2D eigenvalue weighted by Crippen LogP contribution is -2.39. The molecule has 0 radical (unpaired) electrons. The monoisotopic (exact) mass is 287 g/mol. The number of aryl methyl sites for hydroxylation is 1. The largest absolute Gasteiger partial charge is 0.349 e. The zero-order chi connectivity index (χ0) is 15.1. The van der Waals surface area contributed by atoms with Crippen LogP contribution in [0.5, 0.6) is 0 Å². The van der Waals surface area contributed by atoms with Crippen LogP contribution < -0.4 is 10.6 Å². The van der Waals surface area contributed by atoms with E-state index >= 15 is 0 Å². The maximum Gasteiger partial charge on any atom is 0.234 e. The molecule has 0 aliphatic rings. The first-order valence-electron chi connectivity index (χ1n) is 7.02. The molecule has 2 N–H and O–H groups in total. The molecule has 6 nitrogen and oxygen atoms in total. The van der Waals surface area contributed by atoms with Gasteiger partial charge in [-0.1, -0.05) is 6.07 Å². The highest BCUT2D eigenvalue weighted by Gasteiger charge is 2.07. The van der Waals surface area contributed by atoms with Gasteiger partial charge in [-0.3, -0.25) is 14.5 Å². The Morgan fingerprint density at radius 2 is 2.29 bits per heavy atom. The van der Waals surface area contributed by atoms with Crippen LogP contribution in [-0.2, 0) is 17.9 Å². The van der Waals surface area contributed by atoms with Gasteiger partial charge in [-0.2, -0.15) is 5.10 Å². The van der Waals surface area contributed by atoms with Crippen LogP contribution in [0.25, 0.3) is 0 Å². The lowest BCUT2D eigenvalue weighted by Gasteiger charge is -2.13. The third-order valence-corrected chi connectivity index (χ3v) is 3.03. The number of hydrogen-bond donors (Lipinski definition) is 2. The minimum absolute atomic E-state index is 0.0378. The van der Waals surface area contributed by atoms with Gasteiger partial charge in [0.2, 0.25) is 5.91 Å². The maximum atomic E-state index is 11.8. The lowest BCUT2D eigenvalue weighted by atomic mass is 10.3. The van der Waals surface area contributed by atoms with Crippen molar-refractivity contribution in [2.24, 2.45) is 0 Å². The number of nitrogens with zero attached hydrogens (tertiary/aromatic N) is 3. The van der Waals surface area contributed by atoms with E-state index in [4.69, 9.17) is 0 Å². The van der Waals surface area contributed by atoms with Crippen molar-refractivity contribution < 1.29 is 4.79 Å². The van der Waals surface area contributed by atoms with Gasteiger partial charge >= 0.3 is 0 Å². The number of hydrogen-bond acceptors (Lipinski definition) is 4. The van der Waals surface area contributed by atoms with Crippen LogP contribution in [0.4, 0.5) is 0 Å². The average molecular weight is 287 g/mol. The number of aromatic nitrogens is 3. The highest BCUT2D eigenvalue weighted by atomic mass is 16.1. The van der Waals surface area contributed by atoms with E-state index < -0.39 is 0 Å². The number of nitrogens with one attached hydrogen (secondary N) is 2. The van der Waals surface area contributed by atoms with Gasteiger partial charge in [-0.25, -0.2) is 0 Å². The van der Waals surface area contributed by atoms with Gasteiger partial charge < -0.3 is 10.6 Å². The average Bonchev–Trinajstić information content (AvgIpc) is 2.89. The molecule has 0 saturated carbocycles. The minimum Gasteiger partial charge on any atom is -0.349 e. The van der Waals surface area contributed by atoms with Gasteiger partial charge in [0, 0.05) is 18.4 Å². The zero-order valence-corrected chi connectivity index (χ0v) is 12.4. The molecule has 2 rings (SSSR count). The summed E-state index contributed by atoms with van der Waals surface area (Å²) in [6, 6.07) is 5.81. The van der Waals surface area contributed by atoms with Gasteiger partial charge in [0.25, 0.3) is 0 Å². The van der Waals surface area contributed by atoms with Gasteiger partial charge in [-0.15, -0.1) is 0 Å². The third kappa shape index (κ3) is 5.35. The molecule has 0 spiro atoms. The molecule has 2 aromatic rings. The highest BCUT2D eigenvalue weighted by Crippen LogP contribution is 1.96. The molecule has 0 unspecified atom stereocenters. The number of carbonyl (C=O) groups is 1. The number of carbonyl (C=O) groups excluding carboxylic acids is 1. The maximum absolute atomic E-state index is 11.8. The standard InChI is InChI=1S/C15H21N5O/c1-12-7-19-20(10-12)11-13(2)17-9-15(21)18-8-14-5-3-4-6-16-14/h3-7,10,13,17H,8-9,11H2,1-2H3,(H,18,21)/t13-/m1/s1. The zero-order valence-electron chi connectivity index (χ0n) is 12.4. The van der Waals surface area contributed by atoms with Crippen LogP contribution in [0.15, 0.2) is 36.8 Å². The molecular weight excluding hydrogens is 266 g/mol. The van der Waals surface area contributed by atoms with Crippen molar-refractivity contribution in [1.82, 2.24) is 25.4 Å². The van der Waals surface area contributed by atoms with Crippen LogP contribution in [0, 0.1) is 6.92 Å². The Hall–Kier alpha value is -2.21. The number of pyridine rings is 1. The summed E-state index contributed by atoms with van der Waals surface area (Å²) in [6.07, 6.45) is 5.53. The van der Waals surface area contributed by atoms with E-state index in [0.717, 1.165) is 17.8 Å². The van der Waals surface area contributed by atoms with Crippen LogP contribution >= 0.6 is 0 Å². The normalized spacial score (nSPS) is 12.1. The van der Waals surface area contributed by atoms with E-state index in [2.05, 4.69) is 20.7 Å². The molecule has 0 aromatic carbocycles. The van der Waals surface area contributed by atoms with Crippen LogP contribution in [-0.4, -0.2) is 33.3 Å². The highest BCUT2D eigenvalue weighted by molar-refractivity contribution is 5.77. The molecule has 1 amide bonds. The summed E-state index contributed by atoms with van der Waals surface area (Å²) in [7, 11) is 0.